The van der Waals surface area contributed by atoms with Crippen molar-refractivity contribution in [2.24, 2.45) is 0 Å². The average Bonchev–Trinajstić information content (AvgIpc) is 2.58. The van der Waals surface area contributed by atoms with Gasteiger partial charge in [0.2, 0.25) is 5.91 Å². The number of hydrogen-bond acceptors (Lipinski definition) is 4. The molecule has 0 bridgehead atoms. The van der Waals surface area contributed by atoms with E-state index in [0.29, 0.717) is 19.4 Å². The molecule has 1 N–H and O–H groups in total. The maximum absolute atomic E-state index is 12.2. The highest BCUT2D eigenvalue weighted by molar-refractivity contribution is 5.95. The molecule has 2 rings (SSSR count). The highest BCUT2D eigenvalue weighted by atomic mass is 16.6. The Kier molecular flexibility index (Phi) is 4.68. The van der Waals surface area contributed by atoms with E-state index in [0.717, 1.165) is 30.8 Å². The van der Waals surface area contributed by atoms with Gasteiger partial charge in [0.05, 0.1) is 4.92 Å². The van der Waals surface area contributed by atoms with Gasteiger partial charge in [0.15, 0.2) is 0 Å². The minimum absolute atomic E-state index is 0.0877. The number of hydrogen-bond donors (Lipinski definition) is 1. The molecule has 6 heteroatoms. The number of carbonyl (C=O) groups is 1. The number of nitro benzene ring substituents is 1. The summed E-state index contributed by atoms with van der Waals surface area (Å²) in [5.41, 5.74) is 1.79. The summed E-state index contributed by atoms with van der Waals surface area (Å²) in [6.07, 6.45) is 1.94. The van der Waals surface area contributed by atoms with Crippen molar-refractivity contribution in [2.45, 2.75) is 26.2 Å². The Morgan fingerprint density at radius 2 is 2.20 bits per heavy atom. The lowest BCUT2D eigenvalue weighted by atomic mass is 10.1. The molecule has 1 amide bonds. The molecule has 20 heavy (non-hydrogen) atoms. The molecular formula is C14H19N3O3. The number of carbonyl (C=O) groups excluding carboxylic acids is 1. The van der Waals surface area contributed by atoms with E-state index in [1.54, 1.807) is 17.0 Å². The van der Waals surface area contributed by atoms with Crippen molar-refractivity contribution in [1.29, 1.82) is 0 Å². The summed E-state index contributed by atoms with van der Waals surface area (Å²) < 4.78 is 0. The predicted molar refractivity (Wildman–Crippen MR) is 76.9 cm³/mol. The molecule has 0 fully saturated rings. The fourth-order valence-electron chi connectivity index (χ4n) is 2.46. The number of likely N-dealkylation sites (N-methyl/N-ethyl adjacent to an activating group) is 1. The van der Waals surface area contributed by atoms with Crippen molar-refractivity contribution in [2.75, 3.05) is 24.5 Å². The number of anilines is 1. The van der Waals surface area contributed by atoms with Gasteiger partial charge in [0.1, 0.15) is 0 Å². The summed E-state index contributed by atoms with van der Waals surface area (Å²) in [5, 5.41) is 14.0. The maximum atomic E-state index is 12.2. The molecule has 1 aromatic carbocycles. The van der Waals surface area contributed by atoms with Crippen LogP contribution in [0.4, 0.5) is 11.4 Å². The highest BCUT2D eigenvalue weighted by Gasteiger charge is 2.23. The SMILES string of the molecule is CCNCCN1C(=O)CCCc2cc([N+](=O)[O-])ccc21. The van der Waals surface area contributed by atoms with Crippen LogP contribution in [0.2, 0.25) is 0 Å². The van der Waals surface area contributed by atoms with Crippen LogP contribution in [0.1, 0.15) is 25.3 Å². The molecule has 0 radical (unpaired) electrons. The third-order valence-corrected chi connectivity index (χ3v) is 3.46. The number of nitro groups is 1. The lowest BCUT2D eigenvalue weighted by Crippen LogP contribution is -2.36. The molecule has 0 unspecified atom stereocenters. The number of fused-ring (bicyclic) bond motifs is 1. The first-order valence-corrected chi connectivity index (χ1v) is 6.92. The van der Waals surface area contributed by atoms with Crippen LogP contribution in [0.3, 0.4) is 0 Å². The van der Waals surface area contributed by atoms with Crippen LogP contribution in [0.5, 0.6) is 0 Å². The lowest BCUT2D eigenvalue weighted by Gasteiger charge is -2.23. The number of nitrogens with zero attached hydrogens (tertiary/aromatic N) is 2. The monoisotopic (exact) mass is 277 g/mol. The highest BCUT2D eigenvalue weighted by Crippen LogP contribution is 2.30. The molecule has 108 valence electrons. The molecule has 0 aromatic heterocycles. The van der Waals surface area contributed by atoms with Crippen molar-refractivity contribution < 1.29 is 9.72 Å². The standard InChI is InChI=1S/C14H19N3O3/c1-2-15-8-9-16-13-7-6-12(17(19)20)10-11(13)4-3-5-14(16)18/h6-7,10,15H,2-5,8-9H2,1H3. The number of nitrogens with one attached hydrogen (secondary N) is 1. The van der Waals surface area contributed by atoms with Gasteiger partial charge in [-0.15, -0.1) is 0 Å². The van der Waals surface area contributed by atoms with E-state index in [1.165, 1.54) is 6.07 Å². The normalized spacial score (nSPS) is 14.8. The molecule has 1 aromatic rings. The van der Waals surface area contributed by atoms with E-state index in [-0.39, 0.29) is 11.6 Å². The summed E-state index contributed by atoms with van der Waals surface area (Å²) in [7, 11) is 0. The summed E-state index contributed by atoms with van der Waals surface area (Å²) in [5.74, 6) is 0.0931. The van der Waals surface area contributed by atoms with Crippen molar-refractivity contribution in [3.8, 4) is 0 Å². The van der Waals surface area contributed by atoms with E-state index >= 15 is 0 Å². The maximum Gasteiger partial charge on any atom is 0.269 e. The zero-order valence-electron chi connectivity index (χ0n) is 11.6. The quantitative estimate of drug-likeness (QED) is 0.506. The van der Waals surface area contributed by atoms with E-state index in [2.05, 4.69) is 5.32 Å². The molecule has 6 nitrogen and oxygen atoms in total. The van der Waals surface area contributed by atoms with Gasteiger partial charge < -0.3 is 10.2 Å². The Balaban J connectivity index is 2.29. The minimum atomic E-state index is -0.393. The number of aryl methyl sites for hydroxylation is 1. The van der Waals surface area contributed by atoms with Gasteiger partial charge in [-0.3, -0.25) is 14.9 Å². The van der Waals surface area contributed by atoms with Crippen LogP contribution in [-0.4, -0.2) is 30.5 Å². The summed E-state index contributed by atoms with van der Waals surface area (Å²) >= 11 is 0. The molecule has 0 atom stereocenters. The van der Waals surface area contributed by atoms with Gasteiger partial charge in [0, 0.05) is 37.3 Å². The van der Waals surface area contributed by atoms with Crippen molar-refractivity contribution in [3.05, 3.63) is 33.9 Å². The Hall–Kier alpha value is -1.95. The van der Waals surface area contributed by atoms with Crippen molar-refractivity contribution in [3.63, 3.8) is 0 Å². The summed E-state index contributed by atoms with van der Waals surface area (Å²) in [4.78, 5) is 24.4. The average molecular weight is 277 g/mol. The van der Waals surface area contributed by atoms with Crippen LogP contribution >= 0.6 is 0 Å². The first kappa shape index (κ1) is 14.5. The second-order valence-corrected chi connectivity index (χ2v) is 4.82. The van der Waals surface area contributed by atoms with Gasteiger partial charge in [-0.1, -0.05) is 6.92 Å². The molecule has 1 heterocycles. The van der Waals surface area contributed by atoms with Crippen LogP contribution in [0.15, 0.2) is 18.2 Å². The van der Waals surface area contributed by atoms with E-state index < -0.39 is 4.92 Å². The number of non-ortho nitro benzene ring substituents is 1. The minimum Gasteiger partial charge on any atom is -0.315 e. The number of benzene rings is 1. The molecule has 1 aliphatic heterocycles. The Morgan fingerprint density at radius 1 is 1.40 bits per heavy atom. The number of rotatable bonds is 5. The molecular weight excluding hydrogens is 258 g/mol. The number of amides is 1. The van der Waals surface area contributed by atoms with Gasteiger partial charge in [-0.2, -0.15) is 0 Å². The Morgan fingerprint density at radius 3 is 2.90 bits per heavy atom. The second kappa shape index (κ2) is 6.47. The van der Waals surface area contributed by atoms with Gasteiger partial charge >= 0.3 is 0 Å². The zero-order valence-corrected chi connectivity index (χ0v) is 11.6. The lowest BCUT2D eigenvalue weighted by molar-refractivity contribution is -0.384. The summed E-state index contributed by atoms with van der Waals surface area (Å²) in [6, 6.07) is 4.76. The third-order valence-electron chi connectivity index (χ3n) is 3.46. The van der Waals surface area contributed by atoms with E-state index in [4.69, 9.17) is 0 Å². The Labute approximate surface area is 117 Å². The van der Waals surface area contributed by atoms with Crippen LogP contribution in [-0.2, 0) is 11.2 Å². The molecule has 0 spiro atoms. The first-order valence-electron chi connectivity index (χ1n) is 6.92. The van der Waals surface area contributed by atoms with Crippen LogP contribution in [0, 0.1) is 10.1 Å². The van der Waals surface area contributed by atoms with Gasteiger partial charge in [0.25, 0.3) is 5.69 Å². The zero-order chi connectivity index (χ0) is 14.5. The van der Waals surface area contributed by atoms with Crippen LogP contribution < -0.4 is 10.2 Å². The molecule has 0 aliphatic carbocycles. The smallest absolute Gasteiger partial charge is 0.269 e. The molecule has 0 saturated carbocycles. The fraction of sp³-hybridized carbons (Fsp3) is 0.500. The Bertz CT molecular complexity index is 516. The third kappa shape index (κ3) is 3.14. The van der Waals surface area contributed by atoms with Crippen molar-refractivity contribution >= 4 is 17.3 Å². The fourth-order valence-corrected chi connectivity index (χ4v) is 2.46. The topological polar surface area (TPSA) is 75.5 Å². The predicted octanol–water partition coefficient (Wildman–Crippen LogP) is 1.87. The first-order chi connectivity index (χ1) is 9.63. The van der Waals surface area contributed by atoms with Gasteiger partial charge in [-0.25, -0.2) is 0 Å². The second-order valence-electron chi connectivity index (χ2n) is 4.82. The largest absolute Gasteiger partial charge is 0.315 e. The molecule has 0 saturated heterocycles. The van der Waals surface area contributed by atoms with E-state index in [9.17, 15) is 14.9 Å². The summed E-state index contributed by atoms with van der Waals surface area (Å²) in [6.45, 7) is 4.19. The van der Waals surface area contributed by atoms with Crippen LogP contribution in [0.25, 0.3) is 0 Å². The molecule has 1 aliphatic rings. The van der Waals surface area contributed by atoms with Crippen molar-refractivity contribution in [1.82, 2.24) is 5.32 Å². The van der Waals surface area contributed by atoms with E-state index in [1.807, 2.05) is 6.92 Å². The van der Waals surface area contributed by atoms with Gasteiger partial charge in [-0.05, 0) is 31.0 Å².